The highest BCUT2D eigenvalue weighted by Gasteiger charge is 2.15. The fraction of sp³-hybridized carbons (Fsp3) is 0.300. The van der Waals surface area contributed by atoms with Crippen LogP contribution in [0.2, 0.25) is 0 Å². The Kier molecular flexibility index (Phi) is 5.26. The Morgan fingerprint density at radius 1 is 0.792 bits per heavy atom. The first kappa shape index (κ1) is 16.2. The maximum atomic E-state index is 12.3. The summed E-state index contributed by atoms with van der Waals surface area (Å²) < 4.78 is 0. The number of amides is 2. The third-order valence-electron chi connectivity index (χ3n) is 4.38. The van der Waals surface area contributed by atoms with Crippen LogP contribution in [0.1, 0.15) is 48.0 Å². The highest BCUT2D eigenvalue weighted by atomic mass is 16.2. The molecule has 1 fully saturated rings. The Labute approximate surface area is 142 Å². The van der Waals surface area contributed by atoms with Crippen LogP contribution in [-0.2, 0) is 0 Å². The number of urea groups is 1. The van der Waals surface area contributed by atoms with Gasteiger partial charge >= 0.3 is 6.03 Å². The molecule has 0 aromatic heterocycles. The first-order chi connectivity index (χ1) is 11.7. The van der Waals surface area contributed by atoms with E-state index in [1.165, 1.54) is 19.3 Å². The molecule has 1 saturated carbocycles. The summed E-state index contributed by atoms with van der Waals surface area (Å²) in [6.07, 6.45) is 5.73. The summed E-state index contributed by atoms with van der Waals surface area (Å²) in [4.78, 5) is 24.4. The summed E-state index contributed by atoms with van der Waals surface area (Å²) >= 11 is 0. The van der Waals surface area contributed by atoms with Gasteiger partial charge in [-0.25, -0.2) is 4.79 Å². The first-order valence-electron chi connectivity index (χ1n) is 8.50. The largest absolute Gasteiger partial charge is 0.335 e. The van der Waals surface area contributed by atoms with Crippen molar-refractivity contribution in [3.8, 4) is 0 Å². The Balaban J connectivity index is 1.58. The van der Waals surface area contributed by atoms with Crippen LogP contribution in [0.4, 0.5) is 10.5 Å². The average Bonchev–Trinajstić information content (AvgIpc) is 2.63. The van der Waals surface area contributed by atoms with Crippen LogP contribution >= 0.6 is 0 Å². The van der Waals surface area contributed by atoms with E-state index in [2.05, 4.69) is 10.6 Å². The molecule has 1 aliphatic rings. The molecule has 0 atom stereocenters. The van der Waals surface area contributed by atoms with Crippen molar-refractivity contribution in [2.75, 3.05) is 5.32 Å². The van der Waals surface area contributed by atoms with Crippen LogP contribution in [-0.4, -0.2) is 17.9 Å². The monoisotopic (exact) mass is 322 g/mol. The predicted molar refractivity (Wildman–Crippen MR) is 95.3 cm³/mol. The summed E-state index contributed by atoms with van der Waals surface area (Å²) in [6, 6.07) is 16.3. The van der Waals surface area contributed by atoms with Crippen molar-refractivity contribution in [3.05, 3.63) is 65.7 Å². The molecule has 0 unspecified atom stereocenters. The van der Waals surface area contributed by atoms with Crippen LogP contribution in [0.25, 0.3) is 0 Å². The van der Waals surface area contributed by atoms with E-state index >= 15 is 0 Å². The second-order valence-corrected chi connectivity index (χ2v) is 6.21. The van der Waals surface area contributed by atoms with E-state index < -0.39 is 0 Å². The summed E-state index contributed by atoms with van der Waals surface area (Å²) in [5, 5.41) is 5.85. The molecule has 0 heterocycles. The molecule has 2 amide bonds. The zero-order valence-electron chi connectivity index (χ0n) is 13.6. The van der Waals surface area contributed by atoms with Crippen molar-refractivity contribution in [2.24, 2.45) is 0 Å². The van der Waals surface area contributed by atoms with Crippen molar-refractivity contribution < 1.29 is 9.59 Å². The molecule has 24 heavy (non-hydrogen) atoms. The van der Waals surface area contributed by atoms with Crippen molar-refractivity contribution in [1.82, 2.24) is 5.32 Å². The smallest absolute Gasteiger partial charge is 0.319 e. The Hall–Kier alpha value is -2.62. The maximum Gasteiger partial charge on any atom is 0.319 e. The maximum absolute atomic E-state index is 12.3. The third-order valence-corrected chi connectivity index (χ3v) is 4.38. The van der Waals surface area contributed by atoms with Crippen LogP contribution in [0.3, 0.4) is 0 Å². The lowest BCUT2D eigenvalue weighted by molar-refractivity contribution is 0.103. The minimum absolute atomic E-state index is 0.0196. The highest BCUT2D eigenvalue weighted by Crippen LogP contribution is 2.18. The molecule has 2 N–H and O–H groups in total. The Morgan fingerprint density at radius 3 is 2.08 bits per heavy atom. The molecule has 0 radical (unpaired) electrons. The second-order valence-electron chi connectivity index (χ2n) is 6.21. The number of carbonyl (C=O) groups is 2. The fourth-order valence-electron chi connectivity index (χ4n) is 3.06. The second kappa shape index (κ2) is 7.77. The van der Waals surface area contributed by atoms with Crippen molar-refractivity contribution in [3.63, 3.8) is 0 Å². The molecule has 2 aromatic rings. The fourth-order valence-corrected chi connectivity index (χ4v) is 3.06. The van der Waals surface area contributed by atoms with Gasteiger partial charge in [0.1, 0.15) is 0 Å². The van der Waals surface area contributed by atoms with Gasteiger partial charge in [0.25, 0.3) is 0 Å². The van der Waals surface area contributed by atoms with Crippen molar-refractivity contribution in [1.29, 1.82) is 0 Å². The molecule has 0 aliphatic heterocycles. The molecule has 3 rings (SSSR count). The van der Waals surface area contributed by atoms with Crippen molar-refractivity contribution >= 4 is 17.5 Å². The van der Waals surface area contributed by atoms with E-state index in [0.717, 1.165) is 12.8 Å². The molecule has 0 spiro atoms. The number of ketones is 1. The summed E-state index contributed by atoms with van der Waals surface area (Å²) in [7, 11) is 0. The van der Waals surface area contributed by atoms with Crippen LogP contribution in [0.5, 0.6) is 0 Å². The van der Waals surface area contributed by atoms with Gasteiger partial charge in [0, 0.05) is 22.9 Å². The third kappa shape index (κ3) is 4.22. The lowest BCUT2D eigenvalue weighted by Crippen LogP contribution is -2.39. The first-order valence-corrected chi connectivity index (χ1v) is 8.50. The molecule has 4 nitrogen and oxygen atoms in total. The topological polar surface area (TPSA) is 58.2 Å². The molecule has 4 heteroatoms. The quantitative estimate of drug-likeness (QED) is 0.821. The molecule has 2 aromatic carbocycles. The molecule has 0 saturated heterocycles. The van der Waals surface area contributed by atoms with E-state index in [1.54, 1.807) is 36.4 Å². The van der Waals surface area contributed by atoms with Crippen LogP contribution in [0.15, 0.2) is 54.6 Å². The van der Waals surface area contributed by atoms with E-state index in [1.807, 2.05) is 18.2 Å². The average molecular weight is 322 g/mol. The number of carbonyl (C=O) groups excluding carboxylic acids is 2. The zero-order chi connectivity index (χ0) is 16.8. The van der Waals surface area contributed by atoms with Crippen molar-refractivity contribution in [2.45, 2.75) is 38.1 Å². The number of benzene rings is 2. The minimum atomic E-state index is -0.177. The number of anilines is 1. The Morgan fingerprint density at radius 2 is 1.42 bits per heavy atom. The highest BCUT2D eigenvalue weighted by molar-refractivity contribution is 6.09. The summed E-state index contributed by atoms with van der Waals surface area (Å²) in [5.74, 6) is -0.0196. The van der Waals surface area contributed by atoms with E-state index in [9.17, 15) is 9.59 Å². The van der Waals surface area contributed by atoms with E-state index in [-0.39, 0.29) is 17.9 Å². The van der Waals surface area contributed by atoms with Gasteiger partial charge < -0.3 is 10.6 Å². The molecule has 0 bridgehead atoms. The lowest BCUT2D eigenvalue weighted by Gasteiger charge is -2.22. The van der Waals surface area contributed by atoms with Gasteiger partial charge in [0.15, 0.2) is 5.78 Å². The SMILES string of the molecule is O=C(Nc1ccc(C(=O)c2ccccc2)cc1)NC1CCCCC1. The van der Waals surface area contributed by atoms with Gasteiger partial charge in [-0.2, -0.15) is 0 Å². The van der Waals surface area contributed by atoms with Gasteiger partial charge in [-0.15, -0.1) is 0 Å². The van der Waals surface area contributed by atoms with Gasteiger partial charge in [-0.05, 0) is 37.1 Å². The summed E-state index contributed by atoms with van der Waals surface area (Å²) in [6.45, 7) is 0. The number of hydrogen-bond acceptors (Lipinski definition) is 2. The lowest BCUT2D eigenvalue weighted by atomic mass is 9.96. The number of hydrogen-bond donors (Lipinski definition) is 2. The van der Waals surface area contributed by atoms with E-state index in [4.69, 9.17) is 0 Å². The summed E-state index contributed by atoms with van der Waals surface area (Å²) in [5.41, 5.74) is 1.96. The van der Waals surface area contributed by atoms with Crippen LogP contribution < -0.4 is 10.6 Å². The van der Waals surface area contributed by atoms with Gasteiger partial charge in [0.05, 0.1) is 0 Å². The van der Waals surface area contributed by atoms with Gasteiger partial charge in [-0.1, -0.05) is 49.6 Å². The molecular weight excluding hydrogens is 300 g/mol. The Bertz CT molecular complexity index is 689. The molecule has 124 valence electrons. The van der Waals surface area contributed by atoms with Gasteiger partial charge in [-0.3, -0.25) is 4.79 Å². The standard InChI is InChI=1S/C20H22N2O2/c23-19(15-7-3-1-4-8-15)16-11-13-18(14-12-16)22-20(24)21-17-9-5-2-6-10-17/h1,3-4,7-8,11-14,17H,2,5-6,9-10H2,(H2,21,22,24). The van der Waals surface area contributed by atoms with E-state index in [0.29, 0.717) is 16.8 Å². The molecular formula is C20H22N2O2. The minimum Gasteiger partial charge on any atom is -0.335 e. The normalized spacial score (nSPS) is 14.8. The predicted octanol–water partition coefficient (Wildman–Crippen LogP) is 4.37. The number of nitrogens with one attached hydrogen (secondary N) is 2. The zero-order valence-corrected chi connectivity index (χ0v) is 13.6. The van der Waals surface area contributed by atoms with Crippen LogP contribution in [0, 0.1) is 0 Å². The van der Waals surface area contributed by atoms with Gasteiger partial charge in [0.2, 0.25) is 0 Å². The number of rotatable bonds is 4. The molecule has 1 aliphatic carbocycles.